The lowest BCUT2D eigenvalue weighted by atomic mass is 10.2. The number of imidazole rings is 1. The van der Waals surface area contributed by atoms with Crippen LogP contribution < -0.4 is 9.62 Å². The van der Waals surface area contributed by atoms with Crippen molar-refractivity contribution >= 4 is 21.5 Å². The van der Waals surface area contributed by atoms with Crippen LogP contribution in [0, 0.1) is 0 Å². The molecule has 0 bridgehead atoms. The molecular formula is C18H18F5N7O3S. The van der Waals surface area contributed by atoms with Gasteiger partial charge in [0, 0.05) is 19.2 Å². The van der Waals surface area contributed by atoms with Crippen molar-refractivity contribution in [2.75, 3.05) is 30.8 Å². The van der Waals surface area contributed by atoms with Gasteiger partial charge in [0.1, 0.15) is 23.5 Å². The SMILES string of the molecule is CS(=O)(=O)NC[C@@H]1CN(c2cc(-c3cnc4ccc(C(F)F)nn34)ncn2)C[C@@H](C(F)(F)F)O1. The van der Waals surface area contributed by atoms with Crippen molar-refractivity contribution in [2.24, 2.45) is 0 Å². The van der Waals surface area contributed by atoms with Crippen molar-refractivity contribution in [3.8, 4) is 11.4 Å². The minimum atomic E-state index is -4.70. The molecule has 1 aliphatic heterocycles. The molecule has 0 saturated carbocycles. The quantitative estimate of drug-likeness (QED) is 0.503. The summed E-state index contributed by atoms with van der Waals surface area (Å²) >= 11 is 0. The van der Waals surface area contributed by atoms with E-state index in [1.807, 2.05) is 0 Å². The van der Waals surface area contributed by atoms with Crippen LogP contribution in [-0.2, 0) is 14.8 Å². The Bertz CT molecular complexity index is 1280. The van der Waals surface area contributed by atoms with Crippen LogP contribution in [0.25, 0.3) is 17.0 Å². The van der Waals surface area contributed by atoms with Crippen LogP contribution in [0.4, 0.5) is 27.8 Å². The molecule has 4 rings (SSSR count). The average molecular weight is 507 g/mol. The fourth-order valence-corrected chi connectivity index (χ4v) is 3.89. The van der Waals surface area contributed by atoms with E-state index in [0.717, 1.165) is 23.2 Å². The van der Waals surface area contributed by atoms with E-state index in [0.29, 0.717) is 0 Å². The van der Waals surface area contributed by atoms with E-state index in [4.69, 9.17) is 4.74 Å². The Balaban J connectivity index is 1.65. The summed E-state index contributed by atoms with van der Waals surface area (Å²) in [5.74, 6) is 0.104. The number of alkyl halides is 5. The van der Waals surface area contributed by atoms with Crippen LogP contribution in [0.5, 0.6) is 0 Å². The normalized spacial score (nSPS) is 19.8. The molecule has 0 unspecified atom stereocenters. The highest BCUT2D eigenvalue weighted by molar-refractivity contribution is 7.88. The van der Waals surface area contributed by atoms with Gasteiger partial charge >= 0.3 is 6.18 Å². The first kappa shape index (κ1) is 24.2. The van der Waals surface area contributed by atoms with E-state index < -0.39 is 47.1 Å². The molecule has 10 nitrogen and oxygen atoms in total. The summed E-state index contributed by atoms with van der Waals surface area (Å²) in [7, 11) is -3.65. The molecule has 3 aromatic rings. The minimum Gasteiger partial charge on any atom is -0.360 e. The number of nitrogens with one attached hydrogen (secondary N) is 1. The second kappa shape index (κ2) is 8.99. The predicted molar refractivity (Wildman–Crippen MR) is 109 cm³/mol. The highest BCUT2D eigenvalue weighted by atomic mass is 32.2. The average Bonchev–Trinajstić information content (AvgIpc) is 3.20. The van der Waals surface area contributed by atoms with E-state index in [-0.39, 0.29) is 35.9 Å². The third kappa shape index (κ3) is 5.39. The molecule has 2 atom stereocenters. The number of aromatic nitrogens is 5. The Morgan fingerprint density at radius 2 is 1.97 bits per heavy atom. The van der Waals surface area contributed by atoms with Gasteiger partial charge in [0.15, 0.2) is 11.8 Å². The lowest BCUT2D eigenvalue weighted by molar-refractivity contribution is -0.234. The topological polar surface area (TPSA) is 115 Å². The number of nitrogens with zero attached hydrogens (tertiary/aromatic N) is 6. The smallest absolute Gasteiger partial charge is 0.360 e. The number of hydrogen-bond donors (Lipinski definition) is 1. The van der Waals surface area contributed by atoms with E-state index in [2.05, 4.69) is 24.8 Å². The number of morpholine rings is 1. The number of sulfonamides is 1. The van der Waals surface area contributed by atoms with Crippen molar-refractivity contribution in [1.82, 2.24) is 29.3 Å². The van der Waals surface area contributed by atoms with Crippen LogP contribution in [0.3, 0.4) is 0 Å². The molecule has 3 aromatic heterocycles. The van der Waals surface area contributed by atoms with Crippen LogP contribution in [0.2, 0.25) is 0 Å². The van der Waals surface area contributed by atoms with Crippen LogP contribution in [-0.4, -0.2) is 77.3 Å². The zero-order chi connectivity index (χ0) is 24.7. The summed E-state index contributed by atoms with van der Waals surface area (Å²) in [5.41, 5.74) is 0.216. The highest BCUT2D eigenvalue weighted by Gasteiger charge is 2.46. The van der Waals surface area contributed by atoms with E-state index >= 15 is 0 Å². The van der Waals surface area contributed by atoms with Crippen molar-refractivity contribution in [1.29, 1.82) is 0 Å². The van der Waals surface area contributed by atoms with Gasteiger partial charge in [-0.3, -0.25) is 0 Å². The summed E-state index contributed by atoms with van der Waals surface area (Å²) in [5, 5.41) is 3.85. The van der Waals surface area contributed by atoms with E-state index in [1.54, 1.807) is 0 Å². The number of ether oxygens (including phenoxy) is 1. The van der Waals surface area contributed by atoms with Gasteiger partial charge in [-0.15, -0.1) is 0 Å². The summed E-state index contributed by atoms with van der Waals surface area (Å²) < 4.78 is 97.6. The Labute approximate surface area is 189 Å². The second-order valence-electron chi connectivity index (χ2n) is 7.55. The summed E-state index contributed by atoms with van der Waals surface area (Å²) in [6, 6.07) is 3.87. The molecule has 4 heterocycles. The minimum absolute atomic E-state index is 0.0908. The summed E-state index contributed by atoms with van der Waals surface area (Å²) in [6.07, 6.45) is -7.46. The molecule has 0 radical (unpaired) electrons. The molecule has 1 fully saturated rings. The third-order valence-corrected chi connectivity index (χ3v) is 5.64. The maximum atomic E-state index is 13.5. The first-order valence-electron chi connectivity index (χ1n) is 9.78. The first-order chi connectivity index (χ1) is 15.9. The number of hydrogen-bond acceptors (Lipinski definition) is 8. The monoisotopic (exact) mass is 507 g/mol. The van der Waals surface area contributed by atoms with Crippen LogP contribution in [0.1, 0.15) is 12.1 Å². The van der Waals surface area contributed by atoms with Gasteiger partial charge in [-0.1, -0.05) is 0 Å². The molecule has 0 aromatic carbocycles. The number of fused-ring (bicyclic) bond motifs is 1. The Morgan fingerprint density at radius 1 is 1.21 bits per heavy atom. The zero-order valence-corrected chi connectivity index (χ0v) is 18.3. The second-order valence-corrected chi connectivity index (χ2v) is 9.38. The van der Waals surface area contributed by atoms with Crippen molar-refractivity contribution < 1.29 is 35.1 Å². The molecule has 34 heavy (non-hydrogen) atoms. The van der Waals surface area contributed by atoms with Gasteiger partial charge in [-0.2, -0.15) is 18.3 Å². The number of halogens is 5. The van der Waals surface area contributed by atoms with Gasteiger partial charge in [-0.25, -0.2) is 41.4 Å². The lowest BCUT2D eigenvalue weighted by Gasteiger charge is -2.39. The van der Waals surface area contributed by atoms with E-state index in [1.165, 1.54) is 23.2 Å². The molecule has 1 N–H and O–H groups in total. The summed E-state index contributed by atoms with van der Waals surface area (Å²) in [4.78, 5) is 13.5. The molecule has 1 aliphatic rings. The fraction of sp³-hybridized carbons (Fsp3) is 0.444. The van der Waals surface area contributed by atoms with Gasteiger partial charge < -0.3 is 9.64 Å². The molecule has 0 aliphatic carbocycles. The molecular weight excluding hydrogens is 489 g/mol. The van der Waals surface area contributed by atoms with Gasteiger partial charge in [-0.05, 0) is 12.1 Å². The Hall–Kier alpha value is -2.98. The standard InChI is InChI=1S/C18H18F5N7O3S/c1-34(31,32)27-5-10-7-29(8-14(33-10)18(21,22)23)16-4-12(25-9-26-16)13-6-24-15-3-2-11(17(19)20)28-30(13)15/h2-4,6,9-10,14,17,27H,5,7-8H2,1H3/t10-,14+/m1/s1. The van der Waals surface area contributed by atoms with E-state index in [9.17, 15) is 30.4 Å². The van der Waals surface area contributed by atoms with Crippen molar-refractivity contribution in [3.05, 3.63) is 36.4 Å². The molecule has 184 valence electrons. The maximum absolute atomic E-state index is 13.5. The Kier molecular flexibility index (Phi) is 6.39. The van der Waals surface area contributed by atoms with Gasteiger partial charge in [0.2, 0.25) is 10.0 Å². The molecule has 1 saturated heterocycles. The highest BCUT2D eigenvalue weighted by Crippen LogP contribution is 2.30. The van der Waals surface area contributed by atoms with Crippen molar-refractivity contribution in [2.45, 2.75) is 24.8 Å². The van der Waals surface area contributed by atoms with Crippen molar-refractivity contribution in [3.63, 3.8) is 0 Å². The van der Waals surface area contributed by atoms with Gasteiger partial charge in [0.25, 0.3) is 6.43 Å². The Morgan fingerprint density at radius 3 is 2.65 bits per heavy atom. The van der Waals surface area contributed by atoms with Gasteiger partial charge in [0.05, 0.1) is 30.8 Å². The predicted octanol–water partition coefficient (Wildman–Crippen LogP) is 1.81. The summed E-state index contributed by atoms with van der Waals surface area (Å²) in [6.45, 7) is -1.05. The van der Waals surface area contributed by atoms with Crippen LogP contribution in [0.15, 0.2) is 30.7 Å². The third-order valence-electron chi connectivity index (χ3n) is 4.95. The number of rotatable bonds is 6. The molecule has 0 spiro atoms. The maximum Gasteiger partial charge on any atom is 0.416 e. The lowest BCUT2D eigenvalue weighted by Crippen LogP contribution is -2.56. The zero-order valence-electron chi connectivity index (χ0n) is 17.4. The molecule has 0 amide bonds. The first-order valence-corrected chi connectivity index (χ1v) is 11.7. The molecule has 16 heteroatoms. The fourth-order valence-electron chi connectivity index (χ4n) is 3.40. The number of anilines is 1. The van der Waals surface area contributed by atoms with Crippen LogP contribution >= 0.6 is 0 Å². The largest absolute Gasteiger partial charge is 0.416 e.